The highest BCUT2D eigenvalue weighted by Gasteiger charge is 2.33. The van der Waals surface area contributed by atoms with Gasteiger partial charge in [0.15, 0.2) is 5.96 Å². The molecule has 1 aliphatic rings. The van der Waals surface area contributed by atoms with Gasteiger partial charge in [-0.15, -0.1) is 0 Å². The maximum atomic E-state index is 4.69. The lowest BCUT2D eigenvalue weighted by Gasteiger charge is -2.12. The van der Waals surface area contributed by atoms with Crippen LogP contribution >= 0.6 is 0 Å². The van der Waals surface area contributed by atoms with Crippen LogP contribution in [0.25, 0.3) is 5.82 Å². The molecule has 0 bridgehead atoms. The Hall–Kier alpha value is -2.37. The molecule has 2 aromatic rings. The summed E-state index contributed by atoms with van der Waals surface area (Å²) in [6.45, 7) is 5.76. The van der Waals surface area contributed by atoms with Crippen LogP contribution in [0, 0.1) is 5.92 Å². The van der Waals surface area contributed by atoms with Gasteiger partial charge < -0.3 is 10.6 Å². The van der Waals surface area contributed by atoms with Crippen molar-refractivity contribution in [2.45, 2.75) is 32.9 Å². The summed E-state index contributed by atoms with van der Waals surface area (Å²) in [5.74, 6) is 2.49. The lowest BCUT2D eigenvalue weighted by molar-refractivity contribution is 0.765. The summed E-state index contributed by atoms with van der Waals surface area (Å²) >= 11 is 0. The van der Waals surface area contributed by atoms with Gasteiger partial charge in [-0.05, 0) is 25.3 Å². The minimum absolute atomic E-state index is 0.555. The van der Waals surface area contributed by atoms with Crippen LogP contribution in [0.15, 0.2) is 42.0 Å². The van der Waals surface area contributed by atoms with Gasteiger partial charge >= 0.3 is 0 Å². The van der Waals surface area contributed by atoms with Crippen LogP contribution in [0.3, 0.4) is 0 Å². The Labute approximate surface area is 130 Å². The molecule has 1 fully saturated rings. The Morgan fingerprint density at radius 1 is 1.45 bits per heavy atom. The quantitative estimate of drug-likeness (QED) is 0.652. The topological polar surface area (TPSA) is 67.1 Å². The Morgan fingerprint density at radius 2 is 2.32 bits per heavy atom. The minimum atomic E-state index is 0.555. The van der Waals surface area contributed by atoms with Crippen LogP contribution in [0.5, 0.6) is 0 Å². The van der Waals surface area contributed by atoms with Gasteiger partial charge in [0.1, 0.15) is 12.1 Å². The number of nitrogens with one attached hydrogen (secondary N) is 2. The summed E-state index contributed by atoms with van der Waals surface area (Å²) in [5, 5.41) is 6.76. The SMILES string of the molecule is CCNC(=NCc1cccnc1-n1ccnc1)NC1CC1C. The molecule has 2 atom stereocenters. The monoisotopic (exact) mass is 298 g/mol. The van der Waals surface area contributed by atoms with E-state index in [4.69, 9.17) is 0 Å². The number of imidazole rings is 1. The minimum Gasteiger partial charge on any atom is -0.357 e. The summed E-state index contributed by atoms with van der Waals surface area (Å²) in [6, 6.07) is 4.55. The zero-order valence-electron chi connectivity index (χ0n) is 13.0. The fraction of sp³-hybridized carbons (Fsp3) is 0.438. The second-order valence-corrected chi connectivity index (χ2v) is 5.62. The van der Waals surface area contributed by atoms with Crippen molar-refractivity contribution in [3.63, 3.8) is 0 Å². The smallest absolute Gasteiger partial charge is 0.191 e. The number of pyridine rings is 1. The van der Waals surface area contributed by atoms with Crippen molar-refractivity contribution in [2.75, 3.05) is 6.54 Å². The van der Waals surface area contributed by atoms with E-state index in [9.17, 15) is 0 Å². The molecule has 0 aliphatic heterocycles. The third-order valence-corrected chi connectivity index (χ3v) is 3.80. The van der Waals surface area contributed by atoms with E-state index >= 15 is 0 Å². The Bertz CT molecular complexity index is 634. The Balaban J connectivity index is 1.75. The molecule has 1 aliphatic carbocycles. The van der Waals surface area contributed by atoms with Crippen LogP contribution in [0.1, 0.15) is 25.8 Å². The summed E-state index contributed by atoms with van der Waals surface area (Å²) < 4.78 is 1.91. The number of hydrogen-bond donors (Lipinski definition) is 2. The number of hydrogen-bond acceptors (Lipinski definition) is 3. The van der Waals surface area contributed by atoms with E-state index in [2.05, 4.69) is 45.5 Å². The van der Waals surface area contributed by atoms with Crippen LogP contribution < -0.4 is 10.6 Å². The summed E-state index contributed by atoms with van der Waals surface area (Å²) in [7, 11) is 0. The fourth-order valence-electron chi connectivity index (χ4n) is 2.35. The van der Waals surface area contributed by atoms with Crippen molar-refractivity contribution in [2.24, 2.45) is 10.9 Å². The fourth-order valence-corrected chi connectivity index (χ4v) is 2.35. The zero-order chi connectivity index (χ0) is 15.4. The van der Waals surface area contributed by atoms with E-state index in [1.54, 1.807) is 18.7 Å². The second kappa shape index (κ2) is 6.60. The van der Waals surface area contributed by atoms with Crippen LogP contribution in [-0.4, -0.2) is 33.1 Å². The largest absolute Gasteiger partial charge is 0.357 e. The first kappa shape index (κ1) is 14.6. The molecule has 2 N–H and O–H groups in total. The van der Waals surface area contributed by atoms with E-state index < -0.39 is 0 Å². The first-order valence-electron chi connectivity index (χ1n) is 7.75. The molecule has 0 aromatic carbocycles. The maximum absolute atomic E-state index is 4.69. The first-order valence-corrected chi connectivity index (χ1v) is 7.75. The van der Waals surface area contributed by atoms with Crippen molar-refractivity contribution < 1.29 is 0 Å². The predicted molar refractivity (Wildman–Crippen MR) is 86.9 cm³/mol. The van der Waals surface area contributed by atoms with Gasteiger partial charge in [0.2, 0.25) is 0 Å². The molecule has 3 rings (SSSR count). The molecule has 2 heterocycles. The van der Waals surface area contributed by atoms with Crippen molar-refractivity contribution >= 4 is 5.96 Å². The molecular formula is C16H22N6. The van der Waals surface area contributed by atoms with Gasteiger partial charge in [0.25, 0.3) is 0 Å². The zero-order valence-corrected chi connectivity index (χ0v) is 13.0. The number of rotatable bonds is 5. The molecule has 6 heteroatoms. The van der Waals surface area contributed by atoms with Crippen molar-refractivity contribution in [1.29, 1.82) is 0 Å². The highest BCUT2D eigenvalue weighted by atomic mass is 15.2. The highest BCUT2D eigenvalue weighted by Crippen LogP contribution is 2.28. The molecule has 0 saturated heterocycles. The molecule has 2 aromatic heterocycles. The third kappa shape index (κ3) is 3.44. The molecule has 2 unspecified atom stereocenters. The van der Waals surface area contributed by atoms with Crippen molar-refractivity contribution in [3.8, 4) is 5.82 Å². The highest BCUT2D eigenvalue weighted by molar-refractivity contribution is 5.80. The summed E-state index contributed by atoms with van der Waals surface area (Å²) in [6.07, 6.45) is 8.41. The maximum Gasteiger partial charge on any atom is 0.191 e. The lowest BCUT2D eigenvalue weighted by atomic mass is 10.2. The molecule has 1 saturated carbocycles. The average Bonchev–Trinajstić information content (AvgIpc) is 3.02. The average molecular weight is 298 g/mol. The van der Waals surface area contributed by atoms with Gasteiger partial charge in [-0.25, -0.2) is 15.0 Å². The van der Waals surface area contributed by atoms with Crippen molar-refractivity contribution in [1.82, 2.24) is 25.2 Å². The van der Waals surface area contributed by atoms with E-state index in [0.29, 0.717) is 12.6 Å². The second-order valence-electron chi connectivity index (χ2n) is 5.62. The first-order chi connectivity index (χ1) is 10.8. The molecule has 6 nitrogen and oxygen atoms in total. The molecule has 116 valence electrons. The normalized spacial score (nSPS) is 20.7. The molecule has 0 amide bonds. The molecule has 0 spiro atoms. The van der Waals surface area contributed by atoms with E-state index in [-0.39, 0.29) is 0 Å². The molecule has 22 heavy (non-hydrogen) atoms. The Kier molecular flexibility index (Phi) is 4.37. The number of aliphatic imine (C=N–C) groups is 1. The summed E-state index contributed by atoms with van der Waals surface area (Å²) in [4.78, 5) is 13.2. The van der Waals surface area contributed by atoms with E-state index in [0.717, 1.165) is 29.8 Å². The Morgan fingerprint density at radius 3 is 3.00 bits per heavy atom. The van der Waals surface area contributed by atoms with E-state index in [1.807, 2.05) is 16.8 Å². The van der Waals surface area contributed by atoms with Crippen LogP contribution in [-0.2, 0) is 6.54 Å². The number of nitrogens with zero attached hydrogens (tertiary/aromatic N) is 4. The van der Waals surface area contributed by atoms with Gasteiger partial charge in [0.05, 0.1) is 6.54 Å². The molecule has 0 radical (unpaired) electrons. The van der Waals surface area contributed by atoms with Gasteiger partial charge in [-0.1, -0.05) is 13.0 Å². The van der Waals surface area contributed by atoms with Crippen LogP contribution in [0.2, 0.25) is 0 Å². The van der Waals surface area contributed by atoms with Gasteiger partial charge in [-0.2, -0.15) is 0 Å². The summed E-state index contributed by atoms with van der Waals surface area (Å²) in [5.41, 5.74) is 1.07. The van der Waals surface area contributed by atoms with Gasteiger partial charge in [0, 0.05) is 36.7 Å². The van der Waals surface area contributed by atoms with Crippen LogP contribution in [0.4, 0.5) is 0 Å². The van der Waals surface area contributed by atoms with Gasteiger partial charge in [-0.3, -0.25) is 4.57 Å². The third-order valence-electron chi connectivity index (χ3n) is 3.80. The predicted octanol–water partition coefficient (Wildman–Crippen LogP) is 1.73. The standard InChI is InChI=1S/C16H22N6/c1-3-18-16(21-14-9-12(14)2)20-10-13-5-4-6-19-15(13)22-8-7-17-11-22/h4-8,11-12,14H,3,9-10H2,1-2H3,(H2,18,20,21). The van der Waals surface area contributed by atoms with Crippen molar-refractivity contribution in [3.05, 3.63) is 42.6 Å². The van der Waals surface area contributed by atoms with E-state index in [1.165, 1.54) is 6.42 Å². The lowest BCUT2D eigenvalue weighted by Crippen LogP contribution is -2.39. The number of guanidine groups is 1. The molecular weight excluding hydrogens is 276 g/mol. The number of aromatic nitrogens is 3.